The van der Waals surface area contributed by atoms with Gasteiger partial charge < -0.3 is 10.8 Å². The molecule has 1 unspecified atom stereocenters. The molecule has 2 aromatic rings. The van der Waals surface area contributed by atoms with E-state index in [0.29, 0.717) is 0 Å². The van der Waals surface area contributed by atoms with Crippen LogP contribution in [0.4, 0.5) is 4.79 Å². The molecule has 0 saturated carbocycles. The summed E-state index contributed by atoms with van der Waals surface area (Å²) in [5.74, 6) is 0. The number of carbonyl (C=O) groups is 1. The molecule has 0 fully saturated rings. The zero-order valence-electron chi connectivity index (χ0n) is 11.0. The van der Waals surface area contributed by atoms with Gasteiger partial charge in [0, 0.05) is 29.3 Å². The van der Waals surface area contributed by atoms with E-state index < -0.39 is 5.43 Å². The van der Waals surface area contributed by atoms with Gasteiger partial charge in [0.15, 0.2) is 0 Å². The number of nitrogens with one attached hydrogen (secondary N) is 1. The fraction of sp³-hybridized carbons (Fsp3) is 0.214. The molecule has 6 nitrogen and oxygen atoms in total. The lowest BCUT2D eigenvalue weighted by molar-refractivity contribution is 0.220. The second-order valence-electron chi connectivity index (χ2n) is 4.71. The highest BCUT2D eigenvalue weighted by molar-refractivity contribution is 6.60. The minimum absolute atomic E-state index is 0.183. The number of nitrogens with two attached hydrogens (primary N) is 1. The highest BCUT2D eigenvalue weighted by atomic mass is 35.5. The molecule has 0 saturated heterocycles. The molecule has 0 amide bonds. The molecule has 21 heavy (non-hydrogen) atoms. The molecule has 1 aliphatic rings. The Morgan fingerprint density at radius 3 is 2.57 bits per heavy atom. The topological polar surface area (TPSA) is 109 Å². The monoisotopic (exact) mass is 307 g/mol. The number of aromatic amines is 1. The largest absolute Gasteiger partial charge is 0.469 e. The van der Waals surface area contributed by atoms with Crippen LogP contribution < -0.4 is 11.3 Å². The van der Waals surface area contributed by atoms with Crippen LogP contribution >= 0.6 is 11.6 Å². The molecule has 4 N–H and O–H groups in total. The quantitative estimate of drug-likeness (QED) is 0.696. The zero-order chi connectivity index (χ0) is 15.4. The molecule has 110 valence electrons. The Bertz CT molecular complexity index is 690. The number of benzene rings is 1. The summed E-state index contributed by atoms with van der Waals surface area (Å²) in [6, 6.07) is 9.70. The lowest BCUT2D eigenvalue weighted by Gasteiger charge is -2.03. The maximum absolute atomic E-state index is 10.9. The molecular formula is C14H14ClN3O3. The molecule has 0 radical (unpaired) electrons. The van der Waals surface area contributed by atoms with Crippen molar-refractivity contribution in [3.8, 4) is 11.3 Å². The first-order valence-electron chi connectivity index (χ1n) is 6.27. The summed E-state index contributed by atoms with van der Waals surface area (Å²) in [5.41, 5.74) is 8.81. The first-order chi connectivity index (χ1) is 9.95. The van der Waals surface area contributed by atoms with Gasteiger partial charge >= 0.3 is 5.43 Å². The van der Waals surface area contributed by atoms with Crippen LogP contribution in [0.15, 0.2) is 35.1 Å². The van der Waals surface area contributed by atoms with Crippen molar-refractivity contribution in [1.82, 2.24) is 10.2 Å². The van der Waals surface area contributed by atoms with Crippen LogP contribution in [0.2, 0.25) is 0 Å². The number of aromatic nitrogens is 2. The number of nitrogens with zero attached hydrogens (tertiary/aromatic N) is 1. The number of hydrogen-bond donors (Lipinski definition) is 3. The third-order valence-corrected chi connectivity index (χ3v) is 3.15. The fourth-order valence-corrected chi connectivity index (χ4v) is 2.32. The first kappa shape index (κ1) is 15.2. The molecule has 0 aliphatic heterocycles. The average Bonchev–Trinajstić information content (AvgIpc) is 2.78. The van der Waals surface area contributed by atoms with Crippen LogP contribution in [0.25, 0.3) is 11.3 Å². The maximum atomic E-state index is 10.9. The Kier molecular flexibility index (Phi) is 4.72. The van der Waals surface area contributed by atoms with Gasteiger partial charge in [0.2, 0.25) is 0 Å². The predicted molar refractivity (Wildman–Crippen MR) is 79.6 cm³/mol. The minimum Gasteiger partial charge on any atom is -0.469 e. The lowest BCUT2D eigenvalue weighted by Crippen LogP contribution is -2.18. The van der Waals surface area contributed by atoms with Crippen LogP contribution in [0.1, 0.15) is 11.1 Å². The highest BCUT2D eigenvalue weighted by Crippen LogP contribution is 2.26. The van der Waals surface area contributed by atoms with Crippen molar-refractivity contribution in [2.24, 2.45) is 5.73 Å². The van der Waals surface area contributed by atoms with Crippen molar-refractivity contribution in [3.63, 3.8) is 0 Å². The number of fused-ring (bicyclic) bond motifs is 1. The van der Waals surface area contributed by atoms with Crippen LogP contribution in [-0.2, 0) is 12.8 Å². The van der Waals surface area contributed by atoms with Gasteiger partial charge in [0.05, 0.1) is 5.69 Å². The molecule has 3 rings (SSSR count). The van der Waals surface area contributed by atoms with Gasteiger partial charge in [-0.25, -0.2) is 9.89 Å². The van der Waals surface area contributed by atoms with Gasteiger partial charge in [-0.05, 0) is 36.1 Å². The van der Waals surface area contributed by atoms with E-state index >= 15 is 0 Å². The fourth-order valence-electron chi connectivity index (χ4n) is 2.32. The van der Waals surface area contributed by atoms with Crippen molar-refractivity contribution >= 4 is 17.0 Å². The highest BCUT2D eigenvalue weighted by Gasteiger charge is 2.18. The second-order valence-corrected chi connectivity index (χ2v) is 5.03. The van der Waals surface area contributed by atoms with Crippen LogP contribution in [0.3, 0.4) is 0 Å². The van der Waals surface area contributed by atoms with E-state index in [9.17, 15) is 4.79 Å². The number of H-pyrrole nitrogens is 1. The van der Waals surface area contributed by atoms with Gasteiger partial charge in [0.25, 0.3) is 5.56 Å². The summed E-state index contributed by atoms with van der Waals surface area (Å²) in [6.07, 6.45) is 1.88. The van der Waals surface area contributed by atoms with Gasteiger partial charge in [-0.3, -0.25) is 4.79 Å². The molecular weight excluding hydrogens is 294 g/mol. The normalized spacial score (nSPS) is 15.8. The first-order valence-corrected chi connectivity index (χ1v) is 6.65. The van der Waals surface area contributed by atoms with E-state index in [1.54, 1.807) is 6.07 Å². The van der Waals surface area contributed by atoms with Crippen molar-refractivity contribution in [2.45, 2.75) is 18.9 Å². The molecule has 1 aliphatic carbocycles. The Morgan fingerprint density at radius 2 is 1.95 bits per heavy atom. The summed E-state index contributed by atoms with van der Waals surface area (Å²) in [6.45, 7) is 0. The second kappa shape index (κ2) is 6.51. The third-order valence-electron chi connectivity index (χ3n) is 3.15. The van der Waals surface area contributed by atoms with E-state index in [2.05, 4.69) is 33.9 Å². The zero-order valence-corrected chi connectivity index (χ0v) is 11.8. The van der Waals surface area contributed by atoms with Gasteiger partial charge in [-0.2, -0.15) is 5.10 Å². The third kappa shape index (κ3) is 4.14. The van der Waals surface area contributed by atoms with Crippen molar-refractivity contribution in [2.75, 3.05) is 0 Å². The Morgan fingerprint density at radius 1 is 1.29 bits per heavy atom. The Hall–Kier alpha value is -2.18. The molecule has 0 spiro atoms. The van der Waals surface area contributed by atoms with Crippen molar-refractivity contribution in [1.29, 1.82) is 0 Å². The van der Waals surface area contributed by atoms with E-state index in [-0.39, 0.29) is 11.6 Å². The van der Waals surface area contributed by atoms with Gasteiger partial charge in [-0.15, -0.1) is 0 Å². The standard InChI is InChI=1S/C13H13N3O.CHClO2/c14-11-6-8-1-2-9(5-10(8)7-11)12-3-4-13(17)16-15-12;2-1(3)4/h1-5,11H,6-7,14H2,(H,16,17);(H,3,4). The molecule has 0 bridgehead atoms. The molecule has 1 aromatic heterocycles. The van der Waals surface area contributed by atoms with Gasteiger partial charge in [-0.1, -0.05) is 12.1 Å². The summed E-state index contributed by atoms with van der Waals surface area (Å²) in [5, 5.41) is 13.7. The molecule has 1 heterocycles. The summed E-state index contributed by atoms with van der Waals surface area (Å²) in [4.78, 5) is 19.7. The SMILES string of the molecule is NC1Cc2ccc(-c3ccc(=O)[nH]n3)cc2C1.O=C(O)Cl. The lowest BCUT2D eigenvalue weighted by atomic mass is 10.0. The van der Waals surface area contributed by atoms with Crippen molar-refractivity contribution in [3.05, 3.63) is 51.8 Å². The van der Waals surface area contributed by atoms with E-state index in [0.717, 1.165) is 24.1 Å². The van der Waals surface area contributed by atoms with E-state index in [4.69, 9.17) is 15.6 Å². The summed E-state index contributed by atoms with van der Waals surface area (Å²) >= 11 is 4.19. The van der Waals surface area contributed by atoms with Crippen LogP contribution in [-0.4, -0.2) is 26.8 Å². The number of hydrogen-bond acceptors (Lipinski definition) is 4. The van der Waals surface area contributed by atoms with Crippen molar-refractivity contribution < 1.29 is 9.90 Å². The summed E-state index contributed by atoms with van der Waals surface area (Å²) in [7, 11) is 0. The number of halogens is 1. The van der Waals surface area contributed by atoms with Crippen LogP contribution in [0.5, 0.6) is 0 Å². The smallest absolute Gasteiger partial charge is 0.401 e. The van der Waals surface area contributed by atoms with Gasteiger partial charge in [0.1, 0.15) is 0 Å². The molecule has 1 aromatic carbocycles. The minimum atomic E-state index is -1.36. The van der Waals surface area contributed by atoms with Crippen LogP contribution in [0, 0.1) is 0 Å². The average molecular weight is 308 g/mol. The predicted octanol–water partition coefficient (Wildman–Crippen LogP) is 1.77. The number of carboxylic acid groups (broad SMARTS) is 1. The van der Waals surface area contributed by atoms with E-state index in [1.165, 1.54) is 17.2 Å². The maximum Gasteiger partial charge on any atom is 0.401 e. The Labute approximate surface area is 125 Å². The molecule has 7 heteroatoms. The summed E-state index contributed by atoms with van der Waals surface area (Å²) < 4.78 is 0. The van der Waals surface area contributed by atoms with E-state index in [1.807, 2.05) is 6.07 Å². The molecule has 1 atom stereocenters. The Balaban J connectivity index is 0.000000361. The number of rotatable bonds is 1.